The van der Waals surface area contributed by atoms with Crippen molar-refractivity contribution in [2.75, 3.05) is 57.4 Å². The lowest BCUT2D eigenvalue weighted by atomic mass is 9.83. The predicted octanol–water partition coefficient (Wildman–Crippen LogP) is 11.3. The Morgan fingerprint density at radius 2 is 0.991 bits per heavy atom. The number of methoxy groups -OCH3 is 1. The number of rotatable bonds is 21. The number of carbonyl (C=O) groups excluding carboxylic acids is 4. The van der Waals surface area contributed by atoms with Crippen LogP contribution in [0.1, 0.15) is 98.5 Å². The van der Waals surface area contributed by atoms with E-state index in [9.17, 15) is 24.4 Å². The minimum absolute atomic E-state index is 0.0124. The standard InChI is InChI=1S/C30H29N7O5.C23H25N7O2.C22H22ClN7O2/c1-32-27(38)18-5-3-17(4-6-18)22-13-33-26-25(22)29(42-21-9-16(10-21)12-31)37-30(36-26)35-23-8-7-19(11-24(23)40-2)28(39)34-20-14-41-15-20;1-13-18(12-30(3)29-13)26-23-27-20-19(22(28-23)32-16-5-4-6-16)17(11-25-20)14-7-9-15(10-8-14)21(31)24-2;1-24-20(31)13-8-6-12(7-9-13)15-10-25-19-17(15)21(32-14-4-3-5-14)29-22(28-19)27-16-11-26-30(2)18(16)23/h3-8,11,13,16,20-21H,9-10,14-15H2,1-2H3,(H,32,38)(H,34,39)(H2,33,35,36,37);7-12,16H,4-6H2,1-3H3,(H,24,31)(H2,25,26,27,28);6-11,14H,3-5H2,1-2H3,(H,24,31)(H2,25,27,28,29). The molecule has 16 rings (SSSR count). The molecule has 8 aromatic heterocycles. The summed E-state index contributed by atoms with van der Waals surface area (Å²) in [7, 11) is 9.98. The van der Waals surface area contributed by atoms with Gasteiger partial charge in [0.25, 0.3) is 23.6 Å². The number of nitriles is 1. The number of nitrogens with one attached hydrogen (secondary N) is 10. The second-order valence-electron chi connectivity index (χ2n) is 26.0. The fourth-order valence-corrected chi connectivity index (χ4v) is 12.4. The summed E-state index contributed by atoms with van der Waals surface area (Å²) in [5.74, 6) is 2.29. The van der Waals surface area contributed by atoms with Gasteiger partial charge in [0.15, 0.2) is 0 Å². The maximum absolute atomic E-state index is 12.6. The summed E-state index contributed by atoms with van der Waals surface area (Å²) in [6.45, 7) is 2.95. The maximum Gasteiger partial charge on any atom is 0.251 e. The number of aromatic amines is 3. The van der Waals surface area contributed by atoms with Gasteiger partial charge in [-0.2, -0.15) is 45.4 Å². The molecule has 4 aliphatic rings. The molecule has 542 valence electrons. The van der Waals surface area contributed by atoms with Crippen molar-refractivity contribution < 1.29 is 42.9 Å². The molecule has 1 aliphatic heterocycles. The van der Waals surface area contributed by atoms with Crippen LogP contribution in [-0.2, 0) is 18.8 Å². The number of fused-ring (bicyclic) bond motifs is 3. The quantitative estimate of drug-likeness (QED) is 0.0319. The number of ether oxygens (including phenoxy) is 5. The average Bonchev–Trinajstić information content (AvgIpc) is 1.59. The highest BCUT2D eigenvalue weighted by atomic mass is 35.5. The number of aromatic nitrogens is 13. The molecule has 0 spiro atoms. The van der Waals surface area contributed by atoms with Crippen molar-refractivity contribution in [3.05, 3.63) is 155 Å². The summed E-state index contributed by atoms with van der Waals surface area (Å²) in [6, 6.07) is 29.5. The van der Waals surface area contributed by atoms with Crippen molar-refractivity contribution >= 4 is 103 Å². The predicted molar refractivity (Wildman–Crippen MR) is 399 cm³/mol. The topological polar surface area (TPSA) is 383 Å². The largest absolute Gasteiger partial charge is 0.495 e. The van der Waals surface area contributed by atoms with E-state index in [1.807, 2.05) is 75.2 Å². The molecule has 0 bridgehead atoms. The van der Waals surface area contributed by atoms with Crippen LogP contribution < -0.4 is 56.2 Å². The van der Waals surface area contributed by atoms with Crippen molar-refractivity contribution in [2.45, 2.75) is 82.6 Å². The first-order chi connectivity index (χ1) is 51.5. The second-order valence-corrected chi connectivity index (χ2v) is 26.3. The number of carbonyl (C=O) groups is 4. The first-order valence-corrected chi connectivity index (χ1v) is 35.0. The van der Waals surface area contributed by atoms with Gasteiger partial charge in [-0.25, -0.2) is 0 Å². The van der Waals surface area contributed by atoms with E-state index in [2.05, 4.69) is 88.4 Å². The molecule has 0 atom stereocenters. The summed E-state index contributed by atoms with van der Waals surface area (Å²) in [5, 5.41) is 40.9. The van der Waals surface area contributed by atoms with Crippen LogP contribution in [0.15, 0.2) is 122 Å². The minimum Gasteiger partial charge on any atom is -0.495 e. The van der Waals surface area contributed by atoms with Crippen molar-refractivity contribution in [1.82, 2.24) is 85.7 Å². The third-order valence-corrected chi connectivity index (χ3v) is 19.3. The number of amides is 4. The SMILES string of the molecule is CNC(=O)c1ccc(-c2c[nH]c3nc(Nc4ccc(C(=O)NC5COC5)cc4OC)nc(OC4CC(C#N)C4)c23)cc1.CNC(=O)c1ccc(-c2c[nH]c3nc(Nc4cn(C)nc4C)nc(OC4CCC4)c23)cc1.CNC(=O)c1ccc(-c2c[nH]c3nc(Nc4cnn(C)c4Cl)nc(OC4CCC4)c23)cc1. The summed E-state index contributed by atoms with van der Waals surface area (Å²) >= 11 is 6.28. The smallest absolute Gasteiger partial charge is 0.251 e. The number of benzene rings is 4. The lowest BCUT2D eigenvalue weighted by molar-refractivity contribution is -0.00346. The third-order valence-electron chi connectivity index (χ3n) is 18.8. The molecule has 0 radical (unpaired) electrons. The summed E-state index contributed by atoms with van der Waals surface area (Å²) in [6.07, 6.45) is 16.9. The highest BCUT2D eigenvalue weighted by Gasteiger charge is 2.33. The van der Waals surface area contributed by atoms with E-state index >= 15 is 0 Å². The number of halogens is 1. The minimum atomic E-state index is -0.208. The van der Waals surface area contributed by atoms with E-state index < -0.39 is 0 Å². The zero-order chi connectivity index (χ0) is 73.7. The molecular weight excluding hydrogens is 1370 g/mol. The molecule has 10 N–H and O–H groups in total. The first-order valence-electron chi connectivity index (χ1n) is 34.6. The van der Waals surface area contributed by atoms with E-state index in [0.717, 1.165) is 87.6 Å². The van der Waals surface area contributed by atoms with Crippen LogP contribution in [0.2, 0.25) is 5.15 Å². The molecule has 4 aromatic carbocycles. The van der Waals surface area contributed by atoms with Crippen molar-refractivity contribution in [2.24, 2.45) is 20.0 Å². The number of H-pyrrole nitrogens is 3. The zero-order valence-electron chi connectivity index (χ0n) is 59.0. The number of anilines is 6. The van der Waals surface area contributed by atoms with Crippen LogP contribution in [0, 0.1) is 24.2 Å². The summed E-state index contributed by atoms with van der Waals surface area (Å²) in [5.41, 5.74) is 12.4. The monoisotopic (exact) mass is 1450 g/mol. The Kier molecular flexibility index (Phi) is 20.4. The van der Waals surface area contributed by atoms with E-state index in [0.29, 0.717) is 122 Å². The molecule has 31 heteroatoms. The molecule has 1 saturated heterocycles. The summed E-state index contributed by atoms with van der Waals surface area (Å²) in [4.78, 5) is 86.2. The van der Waals surface area contributed by atoms with Gasteiger partial charge < -0.3 is 75.9 Å². The molecule has 4 fully saturated rings. The van der Waals surface area contributed by atoms with Gasteiger partial charge in [-0.1, -0.05) is 48.0 Å². The van der Waals surface area contributed by atoms with Crippen LogP contribution >= 0.6 is 11.6 Å². The fourth-order valence-electron chi connectivity index (χ4n) is 12.3. The molecule has 9 heterocycles. The van der Waals surface area contributed by atoms with Gasteiger partial charge in [-0.15, -0.1) is 0 Å². The normalized spacial score (nSPS) is 15.3. The molecular formula is C75H76ClN21O9. The van der Waals surface area contributed by atoms with Crippen molar-refractivity contribution in [1.29, 1.82) is 5.26 Å². The van der Waals surface area contributed by atoms with Crippen molar-refractivity contribution in [3.8, 4) is 62.8 Å². The highest BCUT2D eigenvalue weighted by molar-refractivity contribution is 6.32. The van der Waals surface area contributed by atoms with Crippen molar-refractivity contribution in [3.63, 3.8) is 0 Å². The molecule has 0 unspecified atom stereocenters. The number of aryl methyl sites for hydroxylation is 3. The van der Waals surface area contributed by atoms with E-state index in [4.69, 9.17) is 45.3 Å². The number of nitrogens with zero attached hydrogens (tertiary/aromatic N) is 11. The van der Waals surface area contributed by atoms with Gasteiger partial charge >= 0.3 is 0 Å². The van der Waals surface area contributed by atoms with Crippen LogP contribution in [0.5, 0.6) is 23.4 Å². The molecule has 3 aliphatic carbocycles. The van der Waals surface area contributed by atoms with Crippen LogP contribution in [-0.4, -0.2) is 154 Å². The molecule has 12 aromatic rings. The lowest BCUT2D eigenvalue weighted by Crippen LogP contribution is -2.48. The average molecular weight is 1450 g/mol. The number of hydrogen-bond donors (Lipinski definition) is 10. The van der Waals surface area contributed by atoms with Crippen LogP contribution in [0.3, 0.4) is 0 Å². The Morgan fingerprint density at radius 3 is 1.35 bits per heavy atom. The second kappa shape index (κ2) is 30.8. The van der Waals surface area contributed by atoms with Gasteiger partial charge in [0.1, 0.15) is 46.2 Å². The van der Waals surface area contributed by atoms with E-state index in [1.54, 1.807) is 98.3 Å². The van der Waals surface area contributed by atoms with E-state index in [1.165, 1.54) is 13.5 Å². The van der Waals surface area contributed by atoms with E-state index in [-0.39, 0.29) is 59.8 Å². The van der Waals surface area contributed by atoms with Gasteiger partial charge in [-0.3, -0.25) is 28.5 Å². The number of hydrogen-bond acceptors (Lipinski definition) is 21. The third kappa shape index (κ3) is 15.1. The van der Waals surface area contributed by atoms with Crippen LogP contribution in [0.25, 0.3) is 66.5 Å². The molecule has 30 nitrogen and oxygen atoms in total. The molecule has 4 amide bonds. The lowest BCUT2D eigenvalue weighted by Gasteiger charge is -2.30. The Hall–Kier alpha value is -12.6. The Balaban J connectivity index is 0.000000135. The Labute approximate surface area is 612 Å². The van der Waals surface area contributed by atoms with Gasteiger partial charge in [0.05, 0.1) is 83.5 Å². The van der Waals surface area contributed by atoms with Gasteiger partial charge in [0.2, 0.25) is 35.5 Å². The van der Waals surface area contributed by atoms with Crippen LogP contribution in [0.4, 0.5) is 34.9 Å². The fraction of sp³-hybridized carbons (Fsp3) is 0.293. The summed E-state index contributed by atoms with van der Waals surface area (Å²) < 4.78 is 32.8. The van der Waals surface area contributed by atoms with Gasteiger partial charge in [0, 0.05) is 112 Å². The Bertz CT molecular complexity index is 5140. The maximum atomic E-state index is 12.6. The zero-order valence-corrected chi connectivity index (χ0v) is 59.7. The Morgan fingerprint density at radius 1 is 0.566 bits per heavy atom. The first kappa shape index (κ1) is 70.4. The van der Waals surface area contributed by atoms with Gasteiger partial charge in [-0.05, 0) is 117 Å². The molecule has 106 heavy (non-hydrogen) atoms. The highest BCUT2D eigenvalue weighted by Crippen LogP contribution is 2.42. The molecule has 3 saturated carbocycles.